The summed E-state index contributed by atoms with van der Waals surface area (Å²) < 4.78 is 5.05. The number of rotatable bonds is 6. The molecule has 3 rings (SSSR count). The minimum absolute atomic E-state index is 0.392. The fraction of sp³-hybridized carbons (Fsp3) is 0.316. The van der Waals surface area contributed by atoms with Crippen LogP contribution < -0.4 is 5.32 Å². The number of amides is 1. The van der Waals surface area contributed by atoms with Gasteiger partial charge in [-0.15, -0.1) is 11.3 Å². The van der Waals surface area contributed by atoms with Crippen LogP contribution in [0.1, 0.15) is 34.3 Å². The van der Waals surface area contributed by atoms with Crippen LogP contribution in [0.3, 0.4) is 0 Å². The van der Waals surface area contributed by atoms with E-state index in [1.54, 1.807) is 23.6 Å². The standard InChI is InChI=1S/C19H19N3O3S/c20-11-16-7-10-26-18(16)21-17(23)13-25-19(24)15-5-3-14(4-6-15)12-22-8-1-2-9-22/h3-7,10H,1-2,8-9,12-13H2,(H,21,23). The van der Waals surface area contributed by atoms with Gasteiger partial charge in [0.15, 0.2) is 6.61 Å². The zero-order valence-corrected chi connectivity index (χ0v) is 15.1. The lowest BCUT2D eigenvalue weighted by Crippen LogP contribution is -2.21. The summed E-state index contributed by atoms with van der Waals surface area (Å²) in [6, 6.07) is 10.9. The predicted molar refractivity (Wildman–Crippen MR) is 98.9 cm³/mol. The molecule has 1 aliphatic rings. The van der Waals surface area contributed by atoms with Crippen molar-refractivity contribution in [1.29, 1.82) is 5.26 Å². The summed E-state index contributed by atoms with van der Waals surface area (Å²) in [7, 11) is 0. The van der Waals surface area contributed by atoms with E-state index in [1.165, 1.54) is 24.2 Å². The Bertz CT molecular complexity index is 817. The highest BCUT2D eigenvalue weighted by Crippen LogP contribution is 2.22. The minimum Gasteiger partial charge on any atom is -0.452 e. The normalized spacial score (nSPS) is 14.0. The molecule has 1 saturated heterocycles. The Morgan fingerprint density at radius 3 is 2.62 bits per heavy atom. The Morgan fingerprint density at radius 2 is 1.92 bits per heavy atom. The maximum absolute atomic E-state index is 12.1. The number of thiophene rings is 1. The number of esters is 1. The first-order chi connectivity index (χ1) is 12.7. The van der Waals surface area contributed by atoms with Crippen molar-refractivity contribution >= 4 is 28.2 Å². The number of likely N-dealkylation sites (tertiary alicyclic amines) is 1. The molecule has 1 amide bonds. The number of nitrogens with zero attached hydrogens (tertiary/aromatic N) is 2. The van der Waals surface area contributed by atoms with Crippen molar-refractivity contribution in [3.05, 3.63) is 52.4 Å². The van der Waals surface area contributed by atoms with Gasteiger partial charge in [0.1, 0.15) is 11.1 Å². The van der Waals surface area contributed by atoms with Crippen LogP contribution in [0.2, 0.25) is 0 Å². The maximum atomic E-state index is 12.1. The van der Waals surface area contributed by atoms with Crippen LogP contribution >= 0.6 is 11.3 Å². The van der Waals surface area contributed by atoms with Gasteiger partial charge in [0.2, 0.25) is 0 Å². The number of hydrogen-bond acceptors (Lipinski definition) is 6. The van der Waals surface area contributed by atoms with E-state index in [0.717, 1.165) is 25.2 Å². The second kappa shape index (κ2) is 8.61. The highest BCUT2D eigenvalue weighted by atomic mass is 32.1. The van der Waals surface area contributed by atoms with Gasteiger partial charge in [-0.3, -0.25) is 9.69 Å². The van der Waals surface area contributed by atoms with Gasteiger partial charge in [-0.25, -0.2) is 4.79 Å². The van der Waals surface area contributed by atoms with E-state index in [0.29, 0.717) is 16.1 Å². The lowest BCUT2D eigenvalue weighted by molar-refractivity contribution is -0.119. The number of nitriles is 1. The molecule has 2 heterocycles. The van der Waals surface area contributed by atoms with Gasteiger partial charge in [0, 0.05) is 6.54 Å². The van der Waals surface area contributed by atoms with Crippen LogP contribution in [-0.2, 0) is 16.1 Å². The molecule has 0 spiro atoms. The highest BCUT2D eigenvalue weighted by molar-refractivity contribution is 7.14. The molecule has 1 fully saturated rings. The quantitative estimate of drug-likeness (QED) is 0.792. The van der Waals surface area contributed by atoms with Crippen molar-refractivity contribution in [2.45, 2.75) is 19.4 Å². The summed E-state index contributed by atoms with van der Waals surface area (Å²) in [5, 5.41) is 13.7. The lowest BCUT2D eigenvalue weighted by Gasteiger charge is -2.14. The fourth-order valence-electron chi connectivity index (χ4n) is 2.82. The van der Waals surface area contributed by atoms with Crippen LogP contribution in [0, 0.1) is 11.3 Å². The van der Waals surface area contributed by atoms with E-state index in [2.05, 4.69) is 10.2 Å². The molecule has 2 aromatic rings. The molecule has 0 bridgehead atoms. The van der Waals surface area contributed by atoms with Crippen LogP contribution in [0.5, 0.6) is 0 Å². The van der Waals surface area contributed by atoms with E-state index < -0.39 is 18.5 Å². The third kappa shape index (κ3) is 4.69. The van der Waals surface area contributed by atoms with E-state index in [-0.39, 0.29) is 0 Å². The van der Waals surface area contributed by atoms with Crippen LogP contribution in [0.15, 0.2) is 35.7 Å². The molecule has 0 radical (unpaired) electrons. The third-order valence-electron chi connectivity index (χ3n) is 4.17. The summed E-state index contributed by atoms with van der Waals surface area (Å²) in [6.45, 7) is 2.74. The van der Waals surface area contributed by atoms with Gasteiger partial charge in [0.25, 0.3) is 5.91 Å². The number of anilines is 1. The number of carbonyl (C=O) groups excluding carboxylic acids is 2. The molecule has 1 N–H and O–H groups in total. The van der Waals surface area contributed by atoms with Gasteiger partial charge < -0.3 is 10.1 Å². The Morgan fingerprint density at radius 1 is 1.19 bits per heavy atom. The molecular weight excluding hydrogens is 350 g/mol. The third-order valence-corrected chi connectivity index (χ3v) is 5.00. The molecule has 26 heavy (non-hydrogen) atoms. The molecule has 134 valence electrons. The van der Waals surface area contributed by atoms with Gasteiger partial charge in [-0.1, -0.05) is 12.1 Å². The SMILES string of the molecule is N#Cc1ccsc1NC(=O)COC(=O)c1ccc(CN2CCCC2)cc1. The van der Waals surface area contributed by atoms with Crippen molar-refractivity contribution in [3.63, 3.8) is 0 Å². The van der Waals surface area contributed by atoms with E-state index in [4.69, 9.17) is 10.00 Å². The monoisotopic (exact) mass is 369 g/mol. The van der Waals surface area contributed by atoms with Gasteiger partial charge in [0.05, 0.1) is 11.1 Å². The zero-order valence-electron chi connectivity index (χ0n) is 14.2. The molecule has 1 aromatic carbocycles. The second-order valence-electron chi connectivity index (χ2n) is 6.08. The molecule has 7 heteroatoms. The molecule has 0 aliphatic carbocycles. The summed E-state index contributed by atoms with van der Waals surface area (Å²) in [6.07, 6.45) is 2.49. The first-order valence-electron chi connectivity index (χ1n) is 8.41. The molecule has 0 unspecified atom stereocenters. The van der Waals surface area contributed by atoms with Gasteiger partial charge in [-0.05, 0) is 55.1 Å². The summed E-state index contributed by atoms with van der Waals surface area (Å²) in [5.74, 6) is -1.01. The van der Waals surface area contributed by atoms with Crippen molar-refractivity contribution in [1.82, 2.24) is 4.90 Å². The number of nitrogens with one attached hydrogen (secondary N) is 1. The van der Waals surface area contributed by atoms with Crippen molar-refractivity contribution in [3.8, 4) is 6.07 Å². The second-order valence-corrected chi connectivity index (χ2v) is 7.00. The van der Waals surface area contributed by atoms with Gasteiger partial charge >= 0.3 is 5.97 Å². The van der Waals surface area contributed by atoms with E-state index in [9.17, 15) is 9.59 Å². The Labute approximate surface area is 156 Å². The lowest BCUT2D eigenvalue weighted by atomic mass is 10.1. The summed E-state index contributed by atoms with van der Waals surface area (Å²) >= 11 is 1.25. The Kier molecular flexibility index (Phi) is 6.00. The van der Waals surface area contributed by atoms with E-state index >= 15 is 0 Å². The highest BCUT2D eigenvalue weighted by Gasteiger charge is 2.14. The van der Waals surface area contributed by atoms with Gasteiger partial charge in [-0.2, -0.15) is 5.26 Å². The average Bonchev–Trinajstić information content (AvgIpc) is 3.32. The first-order valence-corrected chi connectivity index (χ1v) is 9.29. The van der Waals surface area contributed by atoms with Crippen LogP contribution in [-0.4, -0.2) is 36.5 Å². The smallest absolute Gasteiger partial charge is 0.338 e. The van der Waals surface area contributed by atoms with Crippen LogP contribution in [0.4, 0.5) is 5.00 Å². The fourth-order valence-corrected chi connectivity index (χ4v) is 3.57. The maximum Gasteiger partial charge on any atom is 0.338 e. The average molecular weight is 369 g/mol. The number of ether oxygens (including phenoxy) is 1. The summed E-state index contributed by atoms with van der Waals surface area (Å²) in [4.78, 5) is 26.3. The Balaban J connectivity index is 1.48. The molecule has 0 saturated carbocycles. The number of carbonyl (C=O) groups is 2. The largest absolute Gasteiger partial charge is 0.452 e. The van der Waals surface area contributed by atoms with E-state index in [1.807, 2.05) is 18.2 Å². The topological polar surface area (TPSA) is 82.4 Å². The van der Waals surface area contributed by atoms with Crippen molar-refractivity contribution in [2.24, 2.45) is 0 Å². The minimum atomic E-state index is -0.542. The zero-order chi connectivity index (χ0) is 18.4. The Hall–Kier alpha value is -2.69. The predicted octanol–water partition coefficient (Wildman–Crippen LogP) is 3.01. The summed E-state index contributed by atoms with van der Waals surface area (Å²) in [5.41, 5.74) is 1.96. The molecular formula is C19H19N3O3S. The molecule has 1 aliphatic heterocycles. The van der Waals surface area contributed by atoms with Crippen molar-refractivity contribution < 1.29 is 14.3 Å². The molecule has 1 aromatic heterocycles. The first kappa shape index (κ1) is 18.1. The molecule has 6 nitrogen and oxygen atoms in total. The van der Waals surface area contributed by atoms with Crippen molar-refractivity contribution in [2.75, 3.05) is 25.0 Å². The number of benzene rings is 1. The van der Waals surface area contributed by atoms with Crippen LogP contribution in [0.25, 0.3) is 0 Å². The molecule has 0 atom stereocenters. The number of hydrogen-bond donors (Lipinski definition) is 1.